The van der Waals surface area contributed by atoms with E-state index in [1.165, 1.54) is 6.42 Å². The molecule has 0 saturated carbocycles. The topological polar surface area (TPSA) is 73.5 Å². The number of hydrogen-bond acceptors (Lipinski definition) is 6. The maximum atomic E-state index is 6.14. The van der Waals surface area contributed by atoms with E-state index < -0.39 is 0 Å². The predicted molar refractivity (Wildman–Crippen MR) is 87.7 cm³/mol. The molecule has 0 radical (unpaired) electrons. The highest BCUT2D eigenvalue weighted by molar-refractivity contribution is 5.91. The third-order valence-electron chi connectivity index (χ3n) is 4.16. The van der Waals surface area contributed by atoms with Crippen LogP contribution in [0.2, 0.25) is 0 Å². The van der Waals surface area contributed by atoms with E-state index in [1.807, 2.05) is 12.1 Å². The molecule has 2 aromatic rings. The zero-order valence-electron chi connectivity index (χ0n) is 13.3. The van der Waals surface area contributed by atoms with E-state index in [0.717, 1.165) is 30.4 Å². The van der Waals surface area contributed by atoms with Crippen LogP contribution in [-0.2, 0) is 0 Å². The van der Waals surface area contributed by atoms with E-state index in [0.29, 0.717) is 29.2 Å². The van der Waals surface area contributed by atoms with Crippen molar-refractivity contribution in [3.05, 3.63) is 12.1 Å². The first-order valence-corrected chi connectivity index (χ1v) is 7.56. The molecule has 0 amide bonds. The number of rotatable bonds is 3. The highest BCUT2D eigenvalue weighted by atomic mass is 16.5. The lowest BCUT2D eigenvalue weighted by Gasteiger charge is -2.31. The molecule has 1 saturated heterocycles. The summed E-state index contributed by atoms with van der Waals surface area (Å²) in [5.41, 5.74) is 6.92. The average molecular weight is 302 g/mol. The first kappa shape index (κ1) is 14.7. The van der Waals surface area contributed by atoms with Gasteiger partial charge in [0.15, 0.2) is 11.5 Å². The molecule has 2 heterocycles. The molecule has 0 bridgehead atoms. The third-order valence-corrected chi connectivity index (χ3v) is 4.16. The van der Waals surface area contributed by atoms with Gasteiger partial charge in [-0.15, -0.1) is 0 Å². The van der Waals surface area contributed by atoms with Crippen molar-refractivity contribution in [3.63, 3.8) is 0 Å². The van der Waals surface area contributed by atoms with Crippen LogP contribution in [-0.4, -0.2) is 37.3 Å². The summed E-state index contributed by atoms with van der Waals surface area (Å²) >= 11 is 0. The Morgan fingerprint density at radius 3 is 2.59 bits per heavy atom. The number of nitrogen functional groups attached to an aromatic ring is 1. The van der Waals surface area contributed by atoms with Crippen molar-refractivity contribution in [1.82, 2.24) is 9.97 Å². The SMILES string of the molecule is COc1cc2nc(N3CCCC(C)C3)nc(N)c2cc1OC. The van der Waals surface area contributed by atoms with Crippen LogP contribution in [0.1, 0.15) is 19.8 Å². The van der Waals surface area contributed by atoms with Crippen LogP contribution in [0.15, 0.2) is 12.1 Å². The van der Waals surface area contributed by atoms with E-state index in [1.54, 1.807) is 14.2 Å². The molecular formula is C16H22N4O2. The molecule has 1 atom stereocenters. The van der Waals surface area contributed by atoms with Gasteiger partial charge >= 0.3 is 0 Å². The van der Waals surface area contributed by atoms with Crippen LogP contribution in [0.3, 0.4) is 0 Å². The maximum Gasteiger partial charge on any atom is 0.227 e. The molecule has 6 nitrogen and oxygen atoms in total. The summed E-state index contributed by atoms with van der Waals surface area (Å²) in [4.78, 5) is 11.4. The molecule has 0 aliphatic carbocycles. The summed E-state index contributed by atoms with van der Waals surface area (Å²) in [6, 6.07) is 3.68. The summed E-state index contributed by atoms with van der Waals surface area (Å²) in [6.07, 6.45) is 2.42. The standard InChI is InChI=1S/C16H22N4O2/c1-10-5-4-6-20(9-10)16-18-12-8-14(22-3)13(21-2)7-11(12)15(17)19-16/h7-8,10H,4-6,9H2,1-3H3,(H2,17,18,19). The molecule has 2 N–H and O–H groups in total. The van der Waals surface area contributed by atoms with Crippen LogP contribution >= 0.6 is 0 Å². The summed E-state index contributed by atoms with van der Waals surface area (Å²) in [5.74, 6) is 3.10. The van der Waals surface area contributed by atoms with Gasteiger partial charge in [0.05, 0.1) is 19.7 Å². The summed E-state index contributed by atoms with van der Waals surface area (Å²) in [7, 11) is 3.21. The summed E-state index contributed by atoms with van der Waals surface area (Å²) in [6.45, 7) is 4.20. The van der Waals surface area contributed by atoms with E-state index in [9.17, 15) is 0 Å². The quantitative estimate of drug-likeness (QED) is 0.939. The molecule has 1 unspecified atom stereocenters. The second kappa shape index (κ2) is 5.87. The van der Waals surface area contributed by atoms with Crippen molar-refractivity contribution in [1.29, 1.82) is 0 Å². The summed E-state index contributed by atoms with van der Waals surface area (Å²) < 4.78 is 10.7. The number of nitrogens with two attached hydrogens (primary N) is 1. The first-order chi connectivity index (χ1) is 10.6. The summed E-state index contributed by atoms with van der Waals surface area (Å²) in [5, 5.41) is 0.784. The predicted octanol–water partition coefficient (Wildman–Crippen LogP) is 2.47. The van der Waals surface area contributed by atoms with Gasteiger partial charge in [-0.05, 0) is 24.8 Å². The minimum atomic E-state index is 0.471. The van der Waals surface area contributed by atoms with Crippen molar-refractivity contribution in [2.75, 3.05) is 37.9 Å². The molecule has 1 aromatic heterocycles. The van der Waals surface area contributed by atoms with Crippen molar-refractivity contribution in [2.45, 2.75) is 19.8 Å². The number of ether oxygens (including phenoxy) is 2. The Morgan fingerprint density at radius 1 is 1.18 bits per heavy atom. The molecule has 0 spiro atoms. The largest absolute Gasteiger partial charge is 0.493 e. The molecule has 6 heteroatoms. The van der Waals surface area contributed by atoms with Gasteiger partial charge in [0, 0.05) is 24.5 Å². The van der Waals surface area contributed by atoms with Crippen molar-refractivity contribution in [2.24, 2.45) is 5.92 Å². The lowest BCUT2D eigenvalue weighted by molar-refractivity contribution is 0.356. The number of piperidine rings is 1. The van der Waals surface area contributed by atoms with Gasteiger partial charge in [-0.2, -0.15) is 4.98 Å². The number of methoxy groups -OCH3 is 2. The van der Waals surface area contributed by atoms with Gasteiger partial charge in [0.2, 0.25) is 5.95 Å². The van der Waals surface area contributed by atoms with E-state index >= 15 is 0 Å². The maximum absolute atomic E-state index is 6.14. The van der Waals surface area contributed by atoms with Gasteiger partial charge in [0.1, 0.15) is 5.82 Å². The van der Waals surface area contributed by atoms with Crippen molar-refractivity contribution in [3.8, 4) is 11.5 Å². The van der Waals surface area contributed by atoms with E-state index in [2.05, 4.69) is 21.8 Å². The van der Waals surface area contributed by atoms with Gasteiger partial charge in [-0.25, -0.2) is 4.98 Å². The van der Waals surface area contributed by atoms with Crippen LogP contribution in [0, 0.1) is 5.92 Å². The third kappa shape index (κ3) is 2.61. The fourth-order valence-corrected chi connectivity index (χ4v) is 2.98. The van der Waals surface area contributed by atoms with Gasteiger partial charge in [-0.3, -0.25) is 0 Å². The Labute approximate surface area is 130 Å². The molecule has 3 rings (SSSR count). The molecule has 22 heavy (non-hydrogen) atoms. The normalized spacial score (nSPS) is 18.5. The monoisotopic (exact) mass is 302 g/mol. The van der Waals surface area contributed by atoms with Gasteiger partial charge in [-0.1, -0.05) is 6.92 Å². The van der Waals surface area contributed by atoms with Crippen molar-refractivity contribution < 1.29 is 9.47 Å². The van der Waals surface area contributed by atoms with Crippen LogP contribution in [0.4, 0.5) is 11.8 Å². The zero-order valence-corrected chi connectivity index (χ0v) is 13.3. The Balaban J connectivity index is 2.07. The second-order valence-electron chi connectivity index (χ2n) is 5.83. The van der Waals surface area contributed by atoms with Crippen LogP contribution in [0.25, 0.3) is 10.9 Å². The minimum absolute atomic E-state index is 0.471. The Hall–Kier alpha value is -2.24. The number of aromatic nitrogens is 2. The van der Waals surface area contributed by atoms with Crippen LogP contribution < -0.4 is 20.1 Å². The molecule has 1 aliphatic heterocycles. The number of hydrogen-bond donors (Lipinski definition) is 1. The molecule has 1 aromatic carbocycles. The lowest BCUT2D eigenvalue weighted by atomic mass is 10.0. The number of fused-ring (bicyclic) bond motifs is 1. The minimum Gasteiger partial charge on any atom is -0.493 e. The zero-order chi connectivity index (χ0) is 15.7. The Bertz CT molecular complexity index is 689. The fraction of sp³-hybridized carbons (Fsp3) is 0.500. The van der Waals surface area contributed by atoms with E-state index in [4.69, 9.17) is 15.2 Å². The fourth-order valence-electron chi connectivity index (χ4n) is 2.98. The Morgan fingerprint density at radius 2 is 1.91 bits per heavy atom. The highest BCUT2D eigenvalue weighted by Crippen LogP contribution is 2.34. The lowest BCUT2D eigenvalue weighted by Crippen LogP contribution is -2.35. The molecule has 118 valence electrons. The molecular weight excluding hydrogens is 280 g/mol. The molecule has 1 fully saturated rings. The number of anilines is 2. The Kier molecular flexibility index (Phi) is 3.92. The highest BCUT2D eigenvalue weighted by Gasteiger charge is 2.20. The number of nitrogens with zero attached hydrogens (tertiary/aromatic N) is 3. The molecule has 1 aliphatic rings. The second-order valence-corrected chi connectivity index (χ2v) is 5.83. The van der Waals surface area contributed by atoms with Gasteiger partial charge < -0.3 is 20.1 Å². The van der Waals surface area contributed by atoms with E-state index in [-0.39, 0.29) is 0 Å². The van der Waals surface area contributed by atoms with Gasteiger partial charge in [0.25, 0.3) is 0 Å². The number of benzene rings is 1. The smallest absolute Gasteiger partial charge is 0.227 e. The average Bonchev–Trinajstić information content (AvgIpc) is 2.53. The van der Waals surface area contributed by atoms with Crippen LogP contribution in [0.5, 0.6) is 11.5 Å². The first-order valence-electron chi connectivity index (χ1n) is 7.56. The van der Waals surface area contributed by atoms with Crippen molar-refractivity contribution >= 4 is 22.7 Å².